The molecule has 2 nitrogen and oxygen atoms in total. The fraction of sp³-hybridized carbons (Fsp3) is 0.188. The lowest BCUT2D eigenvalue weighted by Gasteiger charge is -2.03. The van der Waals surface area contributed by atoms with E-state index in [9.17, 15) is 9.00 Å². The van der Waals surface area contributed by atoms with Crippen LogP contribution in [0.2, 0.25) is 0 Å². The molecule has 2 rings (SSSR count). The van der Waals surface area contributed by atoms with Crippen LogP contribution in [-0.4, -0.2) is 15.7 Å². The van der Waals surface area contributed by atoms with E-state index in [1.807, 2.05) is 36.4 Å². The van der Waals surface area contributed by atoms with Crippen LogP contribution in [0.5, 0.6) is 0 Å². The zero-order valence-corrected chi connectivity index (χ0v) is 15.2. The molecule has 0 aliphatic heterocycles. The van der Waals surface area contributed by atoms with Gasteiger partial charge in [-0.2, -0.15) is 0 Å². The lowest BCUT2D eigenvalue weighted by molar-refractivity contribution is 0.0982. The van der Waals surface area contributed by atoms with Crippen molar-refractivity contribution in [3.63, 3.8) is 0 Å². The summed E-state index contributed by atoms with van der Waals surface area (Å²) in [6, 6.07) is 14.8. The highest BCUT2D eigenvalue weighted by Gasteiger charge is 2.08. The zero-order valence-electron chi connectivity index (χ0n) is 11.2. The third-order valence-electron chi connectivity index (χ3n) is 2.98. The Morgan fingerprint density at radius 1 is 0.905 bits per heavy atom. The highest BCUT2D eigenvalue weighted by Crippen LogP contribution is 2.16. The third kappa shape index (κ3) is 5.16. The summed E-state index contributed by atoms with van der Waals surface area (Å²) < 4.78 is 14.0. The first kappa shape index (κ1) is 16.6. The third-order valence-corrected chi connectivity index (χ3v) is 5.49. The van der Waals surface area contributed by atoms with Crippen molar-refractivity contribution in [3.8, 4) is 0 Å². The van der Waals surface area contributed by atoms with Crippen molar-refractivity contribution in [1.82, 2.24) is 0 Å². The number of halogens is 2. The van der Waals surface area contributed by atoms with Crippen molar-refractivity contribution in [3.05, 3.63) is 63.0 Å². The van der Waals surface area contributed by atoms with Gasteiger partial charge in [0.25, 0.3) is 0 Å². The van der Waals surface area contributed by atoms with Gasteiger partial charge in [0, 0.05) is 31.6 Å². The molecule has 2 aromatic rings. The molecule has 110 valence electrons. The maximum atomic E-state index is 12.1. The molecular formula is C16H14Br2O2S. The van der Waals surface area contributed by atoms with Gasteiger partial charge in [-0.3, -0.25) is 9.00 Å². The number of hydrogen-bond acceptors (Lipinski definition) is 2. The standard InChI is InChI=1S/C16H14Br2O2S/c17-13-5-3-12(4-6-13)16(19)2-1-11-21(20)15-9-7-14(18)8-10-15/h3-10H,1-2,11H2. The Balaban J connectivity index is 1.83. The number of ketones is 1. The number of carbonyl (C=O) groups is 1. The van der Waals surface area contributed by atoms with Crippen molar-refractivity contribution in [1.29, 1.82) is 0 Å². The van der Waals surface area contributed by atoms with Crippen LogP contribution in [0.25, 0.3) is 0 Å². The molecule has 0 spiro atoms. The highest BCUT2D eigenvalue weighted by molar-refractivity contribution is 9.10. The minimum atomic E-state index is -1.05. The molecule has 2 aromatic carbocycles. The van der Waals surface area contributed by atoms with Gasteiger partial charge in [0.1, 0.15) is 0 Å². The molecule has 0 aromatic heterocycles. The Morgan fingerprint density at radius 3 is 2.00 bits per heavy atom. The van der Waals surface area contributed by atoms with Crippen LogP contribution in [0, 0.1) is 0 Å². The molecule has 1 unspecified atom stereocenters. The molecule has 0 aliphatic rings. The van der Waals surface area contributed by atoms with Crippen molar-refractivity contribution in [2.75, 3.05) is 5.75 Å². The van der Waals surface area contributed by atoms with Gasteiger partial charge in [-0.15, -0.1) is 0 Å². The largest absolute Gasteiger partial charge is 0.294 e. The van der Waals surface area contributed by atoms with E-state index < -0.39 is 10.8 Å². The Morgan fingerprint density at radius 2 is 1.43 bits per heavy atom. The summed E-state index contributed by atoms with van der Waals surface area (Å²) in [5.74, 6) is 0.597. The van der Waals surface area contributed by atoms with E-state index >= 15 is 0 Å². The van der Waals surface area contributed by atoms with E-state index in [1.165, 1.54) is 0 Å². The highest BCUT2D eigenvalue weighted by atomic mass is 79.9. The number of Topliss-reactive ketones (excluding diaryl/α,β-unsaturated/α-hetero) is 1. The van der Waals surface area contributed by atoms with Crippen LogP contribution in [0.1, 0.15) is 23.2 Å². The monoisotopic (exact) mass is 428 g/mol. The number of benzene rings is 2. The molecule has 0 heterocycles. The van der Waals surface area contributed by atoms with Crippen LogP contribution in [0.15, 0.2) is 62.4 Å². The van der Waals surface area contributed by atoms with Gasteiger partial charge >= 0.3 is 0 Å². The second-order valence-electron chi connectivity index (χ2n) is 4.54. The van der Waals surface area contributed by atoms with Crippen molar-refractivity contribution < 1.29 is 9.00 Å². The molecule has 0 radical (unpaired) electrons. The summed E-state index contributed by atoms with van der Waals surface area (Å²) in [5, 5.41) is 0. The molecule has 0 bridgehead atoms. The van der Waals surface area contributed by atoms with E-state index in [2.05, 4.69) is 31.9 Å². The Kier molecular flexibility index (Phi) is 6.33. The molecular weight excluding hydrogens is 416 g/mol. The molecule has 0 N–H and O–H groups in total. The number of rotatable bonds is 6. The van der Waals surface area contributed by atoms with E-state index in [1.54, 1.807) is 12.1 Å². The second-order valence-corrected chi connectivity index (χ2v) is 7.94. The molecule has 1 atom stereocenters. The molecule has 0 saturated carbocycles. The van der Waals surface area contributed by atoms with Gasteiger partial charge in [-0.25, -0.2) is 0 Å². The van der Waals surface area contributed by atoms with E-state index in [-0.39, 0.29) is 5.78 Å². The first-order chi connectivity index (χ1) is 10.1. The lowest BCUT2D eigenvalue weighted by Crippen LogP contribution is -2.03. The van der Waals surface area contributed by atoms with Crippen LogP contribution in [0.3, 0.4) is 0 Å². The van der Waals surface area contributed by atoms with Gasteiger partial charge in [0.05, 0.1) is 10.8 Å². The molecule has 21 heavy (non-hydrogen) atoms. The maximum absolute atomic E-state index is 12.1. The van der Waals surface area contributed by atoms with Crippen molar-refractivity contribution in [2.45, 2.75) is 17.7 Å². The summed E-state index contributed by atoms with van der Waals surface area (Å²) in [6.45, 7) is 0. The molecule has 0 fully saturated rings. The fourth-order valence-electron chi connectivity index (χ4n) is 1.85. The van der Waals surface area contributed by atoms with Crippen LogP contribution >= 0.6 is 31.9 Å². The molecule has 0 aliphatic carbocycles. The zero-order chi connectivity index (χ0) is 15.2. The fourth-order valence-corrected chi connectivity index (χ4v) is 3.46. The quantitative estimate of drug-likeness (QED) is 0.606. The number of carbonyl (C=O) groups excluding carboxylic acids is 1. The average Bonchev–Trinajstić information content (AvgIpc) is 2.48. The van der Waals surface area contributed by atoms with Crippen molar-refractivity contribution >= 4 is 48.4 Å². The maximum Gasteiger partial charge on any atom is 0.162 e. The SMILES string of the molecule is O=C(CCCS(=O)c1ccc(Br)cc1)c1ccc(Br)cc1. The Bertz CT molecular complexity index is 579. The van der Waals surface area contributed by atoms with Gasteiger partial charge < -0.3 is 0 Å². The Labute approximate surface area is 143 Å². The molecule has 5 heteroatoms. The summed E-state index contributed by atoms with van der Waals surface area (Å²) in [7, 11) is -1.05. The smallest absolute Gasteiger partial charge is 0.162 e. The summed E-state index contributed by atoms with van der Waals surface area (Å²) in [5.41, 5.74) is 0.702. The van der Waals surface area contributed by atoms with Gasteiger partial charge in [-0.05, 0) is 42.8 Å². The summed E-state index contributed by atoms with van der Waals surface area (Å²) in [4.78, 5) is 12.8. The van der Waals surface area contributed by atoms with Gasteiger partial charge in [0.15, 0.2) is 5.78 Å². The van der Waals surface area contributed by atoms with Gasteiger partial charge in [0.2, 0.25) is 0 Å². The Hall–Kier alpha value is -0.780. The van der Waals surface area contributed by atoms with Crippen molar-refractivity contribution in [2.24, 2.45) is 0 Å². The van der Waals surface area contributed by atoms with Crippen LogP contribution < -0.4 is 0 Å². The van der Waals surface area contributed by atoms with E-state index in [0.717, 1.165) is 13.8 Å². The summed E-state index contributed by atoms with van der Waals surface area (Å²) in [6.07, 6.45) is 1.04. The van der Waals surface area contributed by atoms with Crippen LogP contribution in [0.4, 0.5) is 0 Å². The average molecular weight is 430 g/mol. The molecule has 0 saturated heterocycles. The normalized spacial score (nSPS) is 12.1. The number of hydrogen-bond donors (Lipinski definition) is 0. The molecule has 0 amide bonds. The minimum absolute atomic E-state index is 0.0929. The lowest BCUT2D eigenvalue weighted by atomic mass is 10.1. The van der Waals surface area contributed by atoms with E-state index in [4.69, 9.17) is 0 Å². The first-order valence-electron chi connectivity index (χ1n) is 6.49. The van der Waals surface area contributed by atoms with E-state index in [0.29, 0.717) is 24.2 Å². The second kappa shape index (κ2) is 8.01. The van der Waals surface area contributed by atoms with Crippen LogP contribution in [-0.2, 0) is 10.8 Å². The first-order valence-corrected chi connectivity index (χ1v) is 9.39. The van der Waals surface area contributed by atoms with Gasteiger partial charge in [-0.1, -0.05) is 44.0 Å². The minimum Gasteiger partial charge on any atom is -0.294 e. The topological polar surface area (TPSA) is 34.1 Å². The predicted molar refractivity (Wildman–Crippen MR) is 93.1 cm³/mol. The summed E-state index contributed by atoms with van der Waals surface area (Å²) >= 11 is 6.69. The predicted octanol–water partition coefficient (Wildman–Crippen LogP) is 4.98.